The minimum absolute atomic E-state index is 0. The van der Waals surface area contributed by atoms with E-state index in [2.05, 4.69) is 17.6 Å². The Morgan fingerprint density at radius 2 is 2.04 bits per heavy atom. The van der Waals surface area contributed by atoms with E-state index in [0.29, 0.717) is 29.2 Å². The van der Waals surface area contributed by atoms with E-state index in [0.717, 1.165) is 6.54 Å². The third kappa shape index (κ3) is 4.14. The summed E-state index contributed by atoms with van der Waals surface area (Å²) in [5.41, 5.74) is 1.09. The van der Waals surface area contributed by atoms with Gasteiger partial charge in [0.05, 0.1) is 16.1 Å². The number of carbonyl (C=O) groups excluding carboxylic acids is 2. The van der Waals surface area contributed by atoms with E-state index in [9.17, 15) is 9.59 Å². The zero-order valence-electron chi connectivity index (χ0n) is 13.3. The van der Waals surface area contributed by atoms with Crippen molar-refractivity contribution < 1.29 is 9.59 Å². The predicted octanol–water partition coefficient (Wildman–Crippen LogP) is 2.86. The molecule has 0 spiro atoms. The highest BCUT2D eigenvalue weighted by Gasteiger charge is 2.24. The standard InChI is InChI=1S/C17H19N3O2S.ClH/c1-12-11-20(9-8-18-12)17(22)13-5-2-3-6-14(13)19-16(21)15-7-4-10-23-15;/h2-7,10,12,18H,8-9,11H2,1H3,(H,19,21);1H. The SMILES string of the molecule is CC1CN(C(=O)c2ccccc2NC(=O)c2cccs2)CCN1.Cl. The number of nitrogens with one attached hydrogen (secondary N) is 2. The van der Waals surface area contributed by atoms with Gasteiger partial charge in [-0.15, -0.1) is 23.7 Å². The molecule has 1 aliphatic heterocycles. The molecule has 1 saturated heterocycles. The Labute approximate surface area is 151 Å². The van der Waals surface area contributed by atoms with Gasteiger partial charge in [-0.05, 0) is 30.5 Å². The van der Waals surface area contributed by atoms with Gasteiger partial charge < -0.3 is 15.5 Å². The van der Waals surface area contributed by atoms with Crippen LogP contribution in [0.1, 0.15) is 27.0 Å². The number of amides is 2. The molecule has 1 aliphatic rings. The fourth-order valence-electron chi connectivity index (χ4n) is 2.66. The molecular weight excluding hydrogens is 346 g/mol. The number of hydrogen-bond acceptors (Lipinski definition) is 4. The van der Waals surface area contributed by atoms with Crippen LogP contribution < -0.4 is 10.6 Å². The van der Waals surface area contributed by atoms with Crippen LogP contribution in [0.4, 0.5) is 5.69 Å². The molecule has 2 amide bonds. The summed E-state index contributed by atoms with van der Waals surface area (Å²) in [6, 6.07) is 11.0. The van der Waals surface area contributed by atoms with Crippen molar-refractivity contribution in [1.82, 2.24) is 10.2 Å². The topological polar surface area (TPSA) is 61.4 Å². The lowest BCUT2D eigenvalue weighted by molar-refractivity contribution is 0.0710. The van der Waals surface area contributed by atoms with E-state index >= 15 is 0 Å². The van der Waals surface area contributed by atoms with Crippen molar-refractivity contribution in [2.75, 3.05) is 25.0 Å². The summed E-state index contributed by atoms with van der Waals surface area (Å²) in [6.45, 7) is 4.20. The number of hydrogen-bond donors (Lipinski definition) is 2. The van der Waals surface area contributed by atoms with Crippen LogP contribution >= 0.6 is 23.7 Å². The molecule has 2 heterocycles. The summed E-state index contributed by atoms with van der Waals surface area (Å²) < 4.78 is 0. The number of rotatable bonds is 3. The van der Waals surface area contributed by atoms with Crippen molar-refractivity contribution >= 4 is 41.2 Å². The quantitative estimate of drug-likeness (QED) is 0.879. The fraction of sp³-hybridized carbons (Fsp3) is 0.294. The molecule has 5 nitrogen and oxygen atoms in total. The molecule has 0 saturated carbocycles. The zero-order valence-corrected chi connectivity index (χ0v) is 15.0. The van der Waals surface area contributed by atoms with E-state index in [1.54, 1.807) is 18.2 Å². The predicted molar refractivity (Wildman–Crippen MR) is 99.3 cm³/mol. The Morgan fingerprint density at radius 1 is 1.25 bits per heavy atom. The number of piperazine rings is 1. The van der Waals surface area contributed by atoms with Crippen LogP contribution in [0.3, 0.4) is 0 Å². The lowest BCUT2D eigenvalue weighted by Gasteiger charge is -2.32. The molecule has 1 aromatic heterocycles. The number of halogens is 1. The van der Waals surface area contributed by atoms with Gasteiger partial charge in [0.25, 0.3) is 11.8 Å². The second kappa shape index (κ2) is 8.28. The molecule has 128 valence electrons. The average molecular weight is 366 g/mol. The van der Waals surface area contributed by atoms with E-state index in [4.69, 9.17) is 0 Å². The van der Waals surface area contributed by atoms with Crippen LogP contribution in [0.2, 0.25) is 0 Å². The maximum absolute atomic E-state index is 12.8. The molecule has 1 fully saturated rings. The fourth-order valence-corrected chi connectivity index (χ4v) is 3.28. The highest BCUT2D eigenvalue weighted by Crippen LogP contribution is 2.20. The molecule has 24 heavy (non-hydrogen) atoms. The first-order valence-corrected chi connectivity index (χ1v) is 8.49. The van der Waals surface area contributed by atoms with E-state index < -0.39 is 0 Å². The summed E-state index contributed by atoms with van der Waals surface area (Å²) >= 11 is 1.38. The largest absolute Gasteiger partial charge is 0.336 e. The van der Waals surface area contributed by atoms with E-state index in [1.165, 1.54) is 11.3 Å². The number of thiophene rings is 1. The maximum atomic E-state index is 12.8. The third-order valence-corrected chi connectivity index (χ3v) is 4.68. The first kappa shape index (κ1) is 18.4. The minimum atomic E-state index is -0.186. The van der Waals surface area contributed by atoms with Gasteiger partial charge in [-0.1, -0.05) is 18.2 Å². The van der Waals surface area contributed by atoms with Crippen LogP contribution in [0.5, 0.6) is 0 Å². The molecule has 2 N–H and O–H groups in total. The van der Waals surface area contributed by atoms with Crippen LogP contribution in [0.15, 0.2) is 41.8 Å². The molecule has 3 rings (SSSR count). The van der Waals surface area contributed by atoms with Crippen molar-refractivity contribution in [2.24, 2.45) is 0 Å². The Kier molecular flexibility index (Phi) is 6.36. The molecule has 1 atom stereocenters. The summed E-state index contributed by atoms with van der Waals surface area (Å²) in [4.78, 5) is 27.5. The zero-order chi connectivity index (χ0) is 16.2. The molecule has 2 aromatic rings. The highest BCUT2D eigenvalue weighted by molar-refractivity contribution is 7.12. The number of anilines is 1. The van der Waals surface area contributed by atoms with Gasteiger partial charge in [0.1, 0.15) is 0 Å². The molecule has 1 unspecified atom stereocenters. The molecule has 0 radical (unpaired) electrons. The monoisotopic (exact) mass is 365 g/mol. The van der Waals surface area contributed by atoms with Crippen LogP contribution in [-0.2, 0) is 0 Å². The first-order chi connectivity index (χ1) is 11.1. The average Bonchev–Trinajstić information content (AvgIpc) is 3.09. The number of nitrogens with zero attached hydrogens (tertiary/aromatic N) is 1. The second-order valence-electron chi connectivity index (χ2n) is 5.58. The van der Waals surface area contributed by atoms with Crippen LogP contribution in [-0.4, -0.2) is 42.4 Å². The van der Waals surface area contributed by atoms with Gasteiger partial charge in [-0.2, -0.15) is 0 Å². The first-order valence-electron chi connectivity index (χ1n) is 7.61. The van der Waals surface area contributed by atoms with Crippen molar-refractivity contribution in [3.63, 3.8) is 0 Å². The van der Waals surface area contributed by atoms with Gasteiger partial charge >= 0.3 is 0 Å². The molecule has 0 aliphatic carbocycles. The Bertz CT molecular complexity index is 706. The van der Waals surface area contributed by atoms with Crippen molar-refractivity contribution in [2.45, 2.75) is 13.0 Å². The highest BCUT2D eigenvalue weighted by atomic mass is 35.5. The van der Waals surface area contributed by atoms with Gasteiger partial charge in [0.2, 0.25) is 0 Å². The summed E-state index contributed by atoms with van der Waals surface area (Å²) in [5.74, 6) is -0.227. The van der Waals surface area contributed by atoms with Crippen molar-refractivity contribution in [3.8, 4) is 0 Å². The maximum Gasteiger partial charge on any atom is 0.265 e. The van der Waals surface area contributed by atoms with Gasteiger partial charge in [0.15, 0.2) is 0 Å². The Morgan fingerprint density at radius 3 is 2.75 bits per heavy atom. The number of benzene rings is 1. The normalized spacial score (nSPS) is 17.0. The summed E-state index contributed by atoms with van der Waals surface area (Å²) in [7, 11) is 0. The van der Waals surface area contributed by atoms with Crippen LogP contribution in [0, 0.1) is 0 Å². The molecule has 0 bridgehead atoms. The number of para-hydroxylation sites is 1. The van der Waals surface area contributed by atoms with Crippen molar-refractivity contribution in [1.29, 1.82) is 0 Å². The second-order valence-corrected chi connectivity index (χ2v) is 6.53. The number of carbonyl (C=O) groups is 2. The van der Waals surface area contributed by atoms with Gasteiger partial charge in [0, 0.05) is 25.7 Å². The Hall–Kier alpha value is -1.89. The van der Waals surface area contributed by atoms with Gasteiger partial charge in [-0.25, -0.2) is 0 Å². The Balaban J connectivity index is 0.00000208. The van der Waals surface area contributed by atoms with Crippen molar-refractivity contribution in [3.05, 3.63) is 52.2 Å². The smallest absolute Gasteiger partial charge is 0.265 e. The lowest BCUT2D eigenvalue weighted by atomic mass is 10.1. The van der Waals surface area contributed by atoms with E-state index in [-0.39, 0.29) is 30.3 Å². The van der Waals surface area contributed by atoms with E-state index in [1.807, 2.05) is 28.5 Å². The molecule has 7 heteroatoms. The van der Waals surface area contributed by atoms with Gasteiger partial charge in [-0.3, -0.25) is 9.59 Å². The molecule has 1 aromatic carbocycles. The summed E-state index contributed by atoms with van der Waals surface area (Å²) in [5, 5.41) is 8.03. The van der Waals surface area contributed by atoms with Crippen LogP contribution in [0.25, 0.3) is 0 Å². The third-order valence-electron chi connectivity index (χ3n) is 3.81. The lowest BCUT2D eigenvalue weighted by Crippen LogP contribution is -2.51. The summed E-state index contributed by atoms with van der Waals surface area (Å²) in [6.07, 6.45) is 0. The molecular formula is C17H20ClN3O2S. The minimum Gasteiger partial charge on any atom is -0.336 e.